The van der Waals surface area contributed by atoms with Gasteiger partial charge in [0.05, 0.1) is 6.10 Å². The Morgan fingerprint density at radius 3 is 2.44 bits per heavy atom. The average Bonchev–Trinajstić information content (AvgIpc) is 2.60. The molecule has 1 aliphatic heterocycles. The standard InChI is InChI=1S/C19H23NO4.ClH/c1-14(21)11-20-12-15-2-5-17(6-3-15)24-13-16-4-7-18-19(10-16)23-9-8-22-18;/h2-7,10,14,20-21H,8-9,11-13H2,1H3;1H/p-1. The molecule has 5 nitrogen and oxygen atoms in total. The minimum Gasteiger partial charge on any atom is -1.00 e. The van der Waals surface area contributed by atoms with Crippen molar-refractivity contribution in [1.29, 1.82) is 0 Å². The van der Waals surface area contributed by atoms with E-state index < -0.39 is 0 Å². The molecule has 6 heteroatoms. The number of halogens is 1. The van der Waals surface area contributed by atoms with E-state index in [1.54, 1.807) is 6.92 Å². The Morgan fingerprint density at radius 2 is 1.72 bits per heavy atom. The summed E-state index contributed by atoms with van der Waals surface area (Å²) < 4.78 is 16.9. The van der Waals surface area contributed by atoms with Gasteiger partial charge in [0.15, 0.2) is 11.5 Å². The van der Waals surface area contributed by atoms with Crippen molar-refractivity contribution in [3.05, 3.63) is 53.6 Å². The number of nitrogens with one attached hydrogen (secondary N) is 1. The van der Waals surface area contributed by atoms with Crippen molar-refractivity contribution >= 4 is 0 Å². The Balaban J connectivity index is 0.00000225. The third kappa shape index (κ3) is 5.81. The minimum absolute atomic E-state index is 0. The molecule has 0 bridgehead atoms. The van der Waals surface area contributed by atoms with Crippen LogP contribution >= 0.6 is 0 Å². The molecule has 2 aromatic carbocycles. The van der Waals surface area contributed by atoms with E-state index in [-0.39, 0.29) is 18.5 Å². The molecule has 0 spiro atoms. The van der Waals surface area contributed by atoms with E-state index >= 15 is 0 Å². The second-order valence-electron chi connectivity index (χ2n) is 5.89. The Hall–Kier alpha value is -1.95. The zero-order valence-electron chi connectivity index (χ0n) is 14.2. The van der Waals surface area contributed by atoms with Crippen LogP contribution in [0.25, 0.3) is 0 Å². The van der Waals surface area contributed by atoms with Crippen molar-refractivity contribution in [2.24, 2.45) is 0 Å². The van der Waals surface area contributed by atoms with Gasteiger partial charge in [0.25, 0.3) is 0 Å². The quantitative estimate of drug-likeness (QED) is 0.694. The summed E-state index contributed by atoms with van der Waals surface area (Å²) in [6, 6.07) is 13.8. The average molecular weight is 365 g/mol. The SMILES string of the molecule is CC(O)CNCc1ccc(OCc2ccc3c(c2)OCCO3)cc1.[Cl-]. The Bertz CT molecular complexity index is 661. The van der Waals surface area contributed by atoms with Crippen molar-refractivity contribution in [2.75, 3.05) is 19.8 Å². The topological polar surface area (TPSA) is 60.0 Å². The number of hydrogen-bond acceptors (Lipinski definition) is 5. The van der Waals surface area contributed by atoms with Gasteiger partial charge in [-0.1, -0.05) is 18.2 Å². The molecule has 0 saturated heterocycles. The van der Waals surface area contributed by atoms with Gasteiger partial charge in [0.1, 0.15) is 25.6 Å². The summed E-state index contributed by atoms with van der Waals surface area (Å²) in [5.41, 5.74) is 2.20. The molecular formula is C19H23ClNO4-. The summed E-state index contributed by atoms with van der Waals surface area (Å²) >= 11 is 0. The molecule has 1 unspecified atom stereocenters. The molecule has 0 fully saturated rings. The summed E-state index contributed by atoms with van der Waals surface area (Å²) in [6.07, 6.45) is -0.335. The Kier molecular flexibility index (Phi) is 7.37. The van der Waals surface area contributed by atoms with Gasteiger partial charge in [-0.05, 0) is 42.3 Å². The minimum atomic E-state index is -0.335. The maximum atomic E-state index is 9.23. The zero-order valence-corrected chi connectivity index (χ0v) is 15.0. The van der Waals surface area contributed by atoms with Crippen LogP contribution in [0.2, 0.25) is 0 Å². The fourth-order valence-corrected chi connectivity index (χ4v) is 2.47. The molecule has 25 heavy (non-hydrogen) atoms. The monoisotopic (exact) mass is 364 g/mol. The Morgan fingerprint density at radius 1 is 1.04 bits per heavy atom. The maximum Gasteiger partial charge on any atom is 0.161 e. The van der Waals surface area contributed by atoms with Crippen LogP contribution in [0.15, 0.2) is 42.5 Å². The van der Waals surface area contributed by atoms with Crippen molar-refractivity contribution in [3.63, 3.8) is 0 Å². The largest absolute Gasteiger partial charge is 1.00 e. The lowest BCUT2D eigenvalue weighted by Crippen LogP contribution is -3.00. The first-order valence-corrected chi connectivity index (χ1v) is 8.20. The molecule has 2 aromatic rings. The lowest BCUT2D eigenvalue weighted by molar-refractivity contribution is -0.00000806. The van der Waals surface area contributed by atoms with E-state index in [4.69, 9.17) is 14.2 Å². The molecule has 1 aliphatic rings. The highest BCUT2D eigenvalue weighted by Gasteiger charge is 2.11. The predicted octanol–water partition coefficient (Wildman–Crippen LogP) is -0.489. The summed E-state index contributed by atoms with van der Waals surface area (Å²) in [5, 5.41) is 12.4. The van der Waals surface area contributed by atoms with Crippen LogP contribution in [0.1, 0.15) is 18.1 Å². The number of benzene rings is 2. The first-order valence-electron chi connectivity index (χ1n) is 8.20. The lowest BCUT2D eigenvalue weighted by atomic mass is 10.2. The van der Waals surface area contributed by atoms with Gasteiger partial charge >= 0.3 is 0 Å². The smallest absolute Gasteiger partial charge is 0.161 e. The third-order valence-electron chi connectivity index (χ3n) is 3.70. The number of aliphatic hydroxyl groups is 1. The van der Waals surface area contributed by atoms with E-state index in [2.05, 4.69) is 5.32 Å². The van der Waals surface area contributed by atoms with Crippen LogP contribution in [-0.4, -0.2) is 31.0 Å². The molecule has 0 saturated carbocycles. The summed E-state index contributed by atoms with van der Waals surface area (Å²) in [5.74, 6) is 2.39. The fraction of sp³-hybridized carbons (Fsp3) is 0.368. The van der Waals surface area contributed by atoms with Crippen LogP contribution in [0.3, 0.4) is 0 Å². The van der Waals surface area contributed by atoms with Gasteiger partial charge in [0, 0.05) is 13.1 Å². The van der Waals surface area contributed by atoms with Crippen LogP contribution in [0.5, 0.6) is 17.2 Å². The molecule has 0 aliphatic carbocycles. The molecule has 136 valence electrons. The molecule has 2 N–H and O–H groups in total. The van der Waals surface area contributed by atoms with Crippen molar-refractivity contribution in [1.82, 2.24) is 5.32 Å². The predicted molar refractivity (Wildman–Crippen MR) is 91.6 cm³/mol. The van der Waals surface area contributed by atoms with Gasteiger partial charge in [-0.15, -0.1) is 0 Å². The van der Waals surface area contributed by atoms with Crippen molar-refractivity contribution in [2.45, 2.75) is 26.2 Å². The van der Waals surface area contributed by atoms with Gasteiger partial charge in [-0.2, -0.15) is 0 Å². The second-order valence-corrected chi connectivity index (χ2v) is 5.89. The van der Waals surface area contributed by atoms with Crippen LogP contribution in [0, 0.1) is 0 Å². The molecule has 1 heterocycles. The second kappa shape index (κ2) is 9.51. The summed E-state index contributed by atoms with van der Waals surface area (Å²) in [7, 11) is 0. The number of aliphatic hydroxyl groups excluding tert-OH is 1. The molecule has 1 atom stereocenters. The molecule has 3 rings (SSSR count). The highest BCUT2D eigenvalue weighted by molar-refractivity contribution is 5.43. The van der Waals surface area contributed by atoms with Crippen molar-refractivity contribution in [3.8, 4) is 17.2 Å². The van der Waals surface area contributed by atoms with E-state index in [9.17, 15) is 5.11 Å². The van der Waals surface area contributed by atoms with Gasteiger partial charge < -0.3 is 37.0 Å². The number of rotatable bonds is 7. The first kappa shape index (κ1) is 19.4. The van der Waals surface area contributed by atoms with E-state index in [0.29, 0.717) is 26.4 Å². The maximum absolute atomic E-state index is 9.23. The van der Waals surface area contributed by atoms with Crippen LogP contribution < -0.4 is 31.9 Å². The van der Waals surface area contributed by atoms with Gasteiger partial charge in [0.2, 0.25) is 0 Å². The lowest BCUT2D eigenvalue weighted by Gasteiger charge is -2.19. The van der Waals surface area contributed by atoms with Crippen molar-refractivity contribution < 1.29 is 31.7 Å². The van der Waals surface area contributed by atoms with Crippen LogP contribution in [-0.2, 0) is 13.2 Å². The highest BCUT2D eigenvalue weighted by atomic mass is 35.5. The molecular weight excluding hydrogens is 342 g/mol. The van der Waals surface area contributed by atoms with Gasteiger partial charge in [-0.25, -0.2) is 0 Å². The van der Waals surface area contributed by atoms with Gasteiger partial charge in [-0.3, -0.25) is 0 Å². The summed E-state index contributed by atoms with van der Waals surface area (Å²) in [4.78, 5) is 0. The highest BCUT2D eigenvalue weighted by Crippen LogP contribution is 2.31. The van der Waals surface area contributed by atoms with E-state index in [1.807, 2.05) is 42.5 Å². The number of hydrogen-bond donors (Lipinski definition) is 2. The Labute approximate surface area is 154 Å². The van der Waals surface area contributed by atoms with E-state index in [0.717, 1.165) is 34.9 Å². The molecule has 0 aromatic heterocycles. The van der Waals surface area contributed by atoms with E-state index in [1.165, 1.54) is 0 Å². The summed E-state index contributed by atoms with van der Waals surface area (Å²) in [6.45, 7) is 4.75. The van der Waals surface area contributed by atoms with Crippen LogP contribution in [0.4, 0.5) is 0 Å². The first-order chi connectivity index (χ1) is 11.7. The normalized spacial score (nSPS) is 13.7. The zero-order chi connectivity index (χ0) is 16.8. The fourth-order valence-electron chi connectivity index (χ4n) is 2.47. The third-order valence-corrected chi connectivity index (χ3v) is 3.70. The molecule has 0 radical (unpaired) electrons. The molecule has 0 amide bonds. The number of ether oxygens (including phenoxy) is 3. The number of fused-ring (bicyclic) bond motifs is 1.